The molecule has 1 unspecified atom stereocenters. The van der Waals surface area contributed by atoms with Crippen molar-refractivity contribution in [3.63, 3.8) is 0 Å². The van der Waals surface area contributed by atoms with Crippen molar-refractivity contribution in [1.82, 2.24) is 4.57 Å². The highest BCUT2D eigenvalue weighted by Gasteiger charge is 2.23. The van der Waals surface area contributed by atoms with Crippen molar-refractivity contribution in [2.45, 2.75) is 32.4 Å². The Bertz CT molecular complexity index is 1030. The number of ether oxygens (including phenoxy) is 3. The highest BCUT2D eigenvalue weighted by Crippen LogP contribution is 2.34. The van der Waals surface area contributed by atoms with Crippen molar-refractivity contribution >= 4 is 11.4 Å². The van der Waals surface area contributed by atoms with Crippen LogP contribution in [0.4, 0.5) is 11.4 Å². The van der Waals surface area contributed by atoms with E-state index in [9.17, 15) is 15.2 Å². The maximum atomic E-state index is 13.0. The van der Waals surface area contributed by atoms with E-state index in [0.717, 1.165) is 17.4 Å². The molecule has 0 radical (unpaired) electrons. The van der Waals surface area contributed by atoms with Crippen LogP contribution in [-0.4, -0.2) is 36.6 Å². The molecule has 29 heavy (non-hydrogen) atoms. The molecule has 0 spiro atoms. The molecule has 9 heteroatoms. The normalized spacial score (nSPS) is 16.1. The van der Waals surface area contributed by atoms with Crippen LogP contribution < -0.4 is 15.0 Å². The van der Waals surface area contributed by atoms with Crippen LogP contribution in [0.25, 0.3) is 0 Å². The summed E-state index contributed by atoms with van der Waals surface area (Å²) in [6, 6.07) is 6.95. The van der Waals surface area contributed by atoms with Crippen molar-refractivity contribution in [3.05, 3.63) is 39.7 Å². The van der Waals surface area contributed by atoms with E-state index in [1.165, 1.54) is 14.2 Å². The molecule has 1 aromatic heterocycles. The van der Waals surface area contributed by atoms with Crippen LogP contribution in [0.15, 0.2) is 33.2 Å². The number of nitriles is 1. The minimum Gasteiger partial charge on any atom is -0.497 e. The third-order valence-electron chi connectivity index (χ3n) is 4.82. The molecule has 1 aliphatic rings. The summed E-state index contributed by atoms with van der Waals surface area (Å²) in [5.74, 6) is 0.616. The number of methoxy groups -OCH3 is 2. The van der Waals surface area contributed by atoms with Gasteiger partial charge in [0.2, 0.25) is 5.88 Å². The molecule has 2 aromatic rings. The van der Waals surface area contributed by atoms with Crippen molar-refractivity contribution in [2.75, 3.05) is 20.8 Å². The SMILES string of the molecule is COc1ccc(OC)c(N=Nc2c(C)c(C#N)c(O)n(CC3CCCO3)c2=O)c1. The highest BCUT2D eigenvalue weighted by atomic mass is 16.5. The number of aromatic nitrogens is 1. The van der Waals surface area contributed by atoms with Crippen molar-refractivity contribution in [1.29, 1.82) is 5.26 Å². The zero-order chi connectivity index (χ0) is 21.0. The molecule has 1 aliphatic heterocycles. The van der Waals surface area contributed by atoms with Gasteiger partial charge in [0.25, 0.3) is 5.56 Å². The lowest BCUT2D eigenvalue weighted by atomic mass is 10.1. The molecule has 1 atom stereocenters. The Balaban J connectivity index is 2.08. The fourth-order valence-corrected chi connectivity index (χ4v) is 3.20. The third kappa shape index (κ3) is 4.07. The summed E-state index contributed by atoms with van der Waals surface area (Å²) in [7, 11) is 3.02. The average Bonchev–Trinajstić information content (AvgIpc) is 3.24. The van der Waals surface area contributed by atoms with Gasteiger partial charge in [0, 0.05) is 18.2 Å². The highest BCUT2D eigenvalue weighted by molar-refractivity contribution is 5.58. The lowest BCUT2D eigenvalue weighted by Crippen LogP contribution is -2.27. The van der Waals surface area contributed by atoms with Crippen LogP contribution in [-0.2, 0) is 11.3 Å². The molecule has 152 valence electrons. The molecule has 0 amide bonds. The Morgan fingerprint density at radius 1 is 1.34 bits per heavy atom. The molecule has 1 N–H and O–H groups in total. The van der Waals surface area contributed by atoms with Crippen LogP contribution >= 0.6 is 0 Å². The summed E-state index contributed by atoms with van der Waals surface area (Å²) in [6.07, 6.45) is 1.47. The van der Waals surface area contributed by atoms with Crippen molar-refractivity contribution in [2.24, 2.45) is 10.2 Å². The summed E-state index contributed by atoms with van der Waals surface area (Å²) < 4.78 is 17.1. The predicted octanol–water partition coefficient (Wildman–Crippen LogP) is 3.35. The minimum absolute atomic E-state index is 0.0193. The fraction of sp³-hybridized carbons (Fsp3) is 0.400. The Morgan fingerprint density at radius 2 is 2.14 bits per heavy atom. The summed E-state index contributed by atoms with van der Waals surface area (Å²) in [4.78, 5) is 13.0. The maximum absolute atomic E-state index is 13.0. The molecule has 1 aromatic carbocycles. The molecular formula is C20H22N4O5. The van der Waals surface area contributed by atoms with Crippen molar-refractivity contribution in [3.8, 4) is 23.4 Å². The van der Waals surface area contributed by atoms with Gasteiger partial charge < -0.3 is 19.3 Å². The molecule has 1 fully saturated rings. The van der Waals surface area contributed by atoms with E-state index >= 15 is 0 Å². The van der Waals surface area contributed by atoms with Gasteiger partial charge in [-0.15, -0.1) is 10.2 Å². The number of benzene rings is 1. The van der Waals surface area contributed by atoms with Crippen LogP contribution in [0.5, 0.6) is 17.4 Å². The Morgan fingerprint density at radius 3 is 2.76 bits per heavy atom. The molecule has 0 saturated carbocycles. The molecule has 1 saturated heterocycles. The van der Waals surface area contributed by atoms with Crippen molar-refractivity contribution < 1.29 is 19.3 Å². The van der Waals surface area contributed by atoms with E-state index in [1.807, 2.05) is 6.07 Å². The van der Waals surface area contributed by atoms with Gasteiger partial charge >= 0.3 is 0 Å². The minimum atomic E-state index is -0.542. The topological polar surface area (TPSA) is 118 Å². The first-order valence-electron chi connectivity index (χ1n) is 9.12. The van der Waals surface area contributed by atoms with Gasteiger partial charge in [0.15, 0.2) is 5.69 Å². The number of azo groups is 1. The summed E-state index contributed by atoms with van der Waals surface area (Å²) in [6.45, 7) is 2.30. The second-order valence-corrected chi connectivity index (χ2v) is 6.57. The zero-order valence-electron chi connectivity index (χ0n) is 16.5. The zero-order valence-corrected chi connectivity index (χ0v) is 16.5. The van der Waals surface area contributed by atoms with Crippen LogP contribution in [0.3, 0.4) is 0 Å². The quantitative estimate of drug-likeness (QED) is 0.746. The third-order valence-corrected chi connectivity index (χ3v) is 4.82. The number of nitrogens with zero attached hydrogens (tertiary/aromatic N) is 4. The van der Waals surface area contributed by atoms with Gasteiger partial charge in [0.1, 0.15) is 28.8 Å². The Hall–Kier alpha value is -3.38. The monoisotopic (exact) mass is 398 g/mol. The van der Waals surface area contributed by atoms with E-state index in [4.69, 9.17) is 14.2 Å². The summed E-state index contributed by atoms with van der Waals surface area (Å²) in [5, 5.41) is 28.2. The van der Waals surface area contributed by atoms with Gasteiger partial charge in [-0.3, -0.25) is 9.36 Å². The molecule has 0 bridgehead atoms. The van der Waals surface area contributed by atoms with E-state index in [1.54, 1.807) is 25.1 Å². The first-order chi connectivity index (χ1) is 14.0. The molecule has 9 nitrogen and oxygen atoms in total. The molecule has 3 rings (SSSR count). The predicted molar refractivity (Wildman–Crippen MR) is 105 cm³/mol. The maximum Gasteiger partial charge on any atom is 0.281 e. The first-order valence-corrected chi connectivity index (χ1v) is 9.12. The fourth-order valence-electron chi connectivity index (χ4n) is 3.20. The number of aromatic hydroxyl groups is 1. The Labute approximate surface area is 167 Å². The van der Waals surface area contributed by atoms with Gasteiger partial charge in [-0.25, -0.2) is 0 Å². The number of hydrogen-bond acceptors (Lipinski definition) is 8. The lowest BCUT2D eigenvalue weighted by Gasteiger charge is -2.16. The smallest absolute Gasteiger partial charge is 0.281 e. The van der Waals surface area contributed by atoms with Gasteiger partial charge in [-0.2, -0.15) is 5.26 Å². The standard InChI is InChI=1S/C20H22N4O5/c1-12-15(10-21)19(25)24(11-14-5-4-8-29-14)20(26)18(12)23-22-16-9-13(27-2)6-7-17(16)28-3/h6-7,9,14,25H,4-5,8,11H2,1-3H3. The number of rotatable bonds is 6. The lowest BCUT2D eigenvalue weighted by molar-refractivity contribution is 0.0939. The largest absolute Gasteiger partial charge is 0.497 e. The number of hydrogen-bond donors (Lipinski definition) is 1. The van der Waals surface area contributed by atoms with E-state index in [-0.39, 0.29) is 35.3 Å². The number of pyridine rings is 1. The average molecular weight is 398 g/mol. The molecule has 0 aliphatic carbocycles. The van der Waals surface area contributed by atoms with Crippen LogP contribution in [0.1, 0.15) is 24.0 Å². The van der Waals surface area contributed by atoms with E-state index in [0.29, 0.717) is 23.8 Å². The Kier molecular flexibility index (Phi) is 6.14. The second-order valence-electron chi connectivity index (χ2n) is 6.57. The first kappa shape index (κ1) is 20.4. The summed E-state index contributed by atoms with van der Waals surface area (Å²) in [5.41, 5.74) is 0.0311. The molecule has 2 heterocycles. The molecular weight excluding hydrogens is 376 g/mol. The van der Waals surface area contributed by atoms with E-state index < -0.39 is 5.56 Å². The van der Waals surface area contributed by atoms with Gasteiger partial charge in [-0.1, -0.05) is 0 Å². The van der Waals surface area contributed by atoms with Gasteiger partial charge in [0.05, 0.1) is 26.9 Å². The van der Waals surface area contributed by atoms with Crippen LogP contribution in [0, 0.1) is 18.3 Å². The van der Waals surface area contributed by atoms with Crippen LogP contribution in [0.2, 0.25) is 0 Å². The summed E-state index contributed by atoms with van der Waals surface area (Å²) >= 11 is 0. The van der Waals surface area contributed by atoms with E-state index in [2.05, 4.69) is 10.2 Å². The second kappa shape index (κ2) is 8.75. The van der Waals surface area contributed by atoms with Gasteiger partial charge in [-0.05, 0) is 31.9 Å².